The number of hydrogen-bond acceptors (Lipinski definition) is 3. The number of aromatic nitrogens is 1. The normalized spacial score (nSPS) is 10.7. The lowest BCUT2D eigenvalue weighted by atomic mass is 10.1. The first-order valence-corrected chi connectivity index (χ1v) is 6.88. The zero-order valence-corrected chi connectivity index (χ0v) is 12.9. The Hall–Kier alpha value is -1.87. The molecule has 0 atom stereocenters. The van der Waals surface area contributed by atoms with Gasteiger partial charge in [-0.25, -0.2) is 4.98 Å². The highest BCUT2D eigenvalue weighted by molar-refractivity contribution is 5.41. The van der Waals surface area contributed by atoms with Crippen LogP contribution in [0.3, 0.4) is 0 Å². The molecule has 0 saturated carbocycles. The maximum Gasteiger partial charge on any atom is 0.224 e. The molecule has 0 fully saturated rings. The smallest absolute Gasteiger partial charge is 0.224 e. The number of benzene rings is 1. The Morgan fingerprint density at radius 2 is 1.75 bits per heavy atom. The Morgan fingerprint density at radius 1 is 1.00 bits per heavy atom. The molecule has 3 heteroatoms. The van der Waals surface area contributed by atoms with Crippen LogP contribution in [0, 0.1) is 27.7 Å². The van der Waals surface area contributed by atoms with E-state index in [-0.39, 0.29) is 0 Å². The lowest BCUT2D eigenvalue weighted by Crippen LogP contribution is -2.09. The van der Waals surface area contributed by atoms with E-state index in [1.54, 1.807) is 0 Å². The van der Waals surface area contributed by atoms with Gasteiger partial charge >= 0.3 is 0 Å². The van der Waals surface area contributed by atoms with E-state index in [9.17, 15) is 0 Å². The summed E-state index contributed by atoms with van der Waals surface area (Å²) in [7, 11) is 1.93. The number of nitrogens with one attached hydrogen (secondary N) is 1. The molecular formula is C17H22N2O. The minimum Gasteiger partial charge on any atom is -0.439 e. The predicted octanol–water partition coefficient (Wildman–Crippen LogP) is 3.83. The molecule has 0 aliphatic heterocycles. The van der Waals surface area contributed by atoms with E-state index < -0.39 is 0 Å². The monoisotopic (exact) mass is 270 g/mol. The van der Waals surface area contributed by atoms with Crippen molar-refractivity contribution in [2.24, 2.45) is 0 Å². The maximum atomic E-state index is 6.01. The molecule has 1 N–H and O–H groups in total. The van der Waals surface area contributed by atoms with Crippen LogP contribution in [-0.2, 0) is 6.54 Å². The molecule has 106 valence electrons. The van der Waals surface area contributed by atoms with Crippen molar-refractivity contribution in [2.75, 3.05) is 7.05 Å². The highest BCUT2D eigenvalue weighted by Gasteiger charge is 2.11. The molecule has 0 bridgehead atoms. The van der Waals surface area contributed by atoms with Crippen LogP contribution in [0.15, 0.2) is 24.3 Å². The molecule has 1 heterocycles. The Morgan fingerprint density at radius 3 is 2.40 bits per heavy atom. The number of aryl methyl sites for hydroxylation is 4. The highest BCUT2D eigenvalue weighted by atomic mass is 16.5. The molecule has 1 aromatic carbocycles. The topological polar surface area (TPSA) is 34.2 Å². The van der Waals surface area contributed by atoms with Gasteiger partial charge in [-0.05, 0) is 69.6 Å². The summed E-state index contributed by atoms with van der Waals surface area (Å²) in [6, 6.07) is 8.20. The molecule has 0 unspecified atom stereocenters. The van der Waals surface area contributed by atoms with E-state index in [0.717, 1.165) is 23.6 Å². The van der Waals surface area contributed by atoms with Gasteiger partial charge in [-0.2, -0.15) is 0 Å². The Balaban J connectivity index is 2.38. The summed E-state index contributed by atoms with van der Waals surface area (Å²) >= 11 is 0. The molecule has 0 saturated heterocycles. The van der Waals surface area contributed by atoms with Crippen molar-refractivity contribution in [1.82, 2.24) is 10.3 Å². The number of pyridine rings is 1. The average Bonchev–Trinajstić information content (AvgIpc) is 2.38. The minimum atomic E-state index is 0.695. The first-order chi connectivity index (χ1) is 9.51. The largest absolute Gasteiger partial charge is 0.439 e. The fourth-order valence-corrected chi connectivity index (χ4v) is 2.19. The second-order valence-electron chi connectivity index (χ2n) is 5.24. The summed E-state index contributed by atoms with van der Waals surface area (Å²) in [6.07, 6.45) is 0. The van der Waals surface area contributed by atoms with Gasteiger partial charge in [0.15, 0.2) is 0 Å². The average molecular weight is 270 g/mol. The van der Waals surface area contributed by atoms with E-state index >= 15 is 0 Å². The Labute approximate surface area is 121 Å². The van der Waals surface area contributed by atoms with Gasteiger partial charge in [0, 0.05) is 17.8 Å². The molecular weight excluding hydrogens is 248 g/mol. The summed E-state index contributed by atoms with van der Waals surface area (Å²) in [6.45, 7) is 9.02. The molecule has 3 nitrogen and oxygen atoms in total. The summed E-state index contributed by atoms with van der Waals surface area (Å²) in [5, 5.41) is 3.17. The van der Waals surface area contributed by atoms with Gasteiger partial charge < -0.3 is 10.1 Å². The molecule has 2 aromatic rings. The molecule has 0 aliphatic rings. The van der Waals surface area contributed by atoms with Gasteiger partial charge in [0.25, 0.3) is 0 Å². The van der Waals surface area contributed by atoms with Crippen molar-refractivity contribution in [3.8, 4) is 11.6 Å². The van der Waals surface area contributed by atoms with Crippen molar-refractivity contribution in [3.63, 3.8) is 0 Å². The molecule has 0 aliphatic carbocycles. The third kappa shape index (κ3) is 3.17. The molecule has 20 heavy (non-hydrogen) atoms. The van der Waals surface area contributed by atoms with E-state index in [2.05, 4.69) is 49.3 Å². The van der Waals surface area contributed by atoms with E-state index in [1.165, 1.54) is 16.7 Å². The number of ether oxygens (including phenoxy) is 1. The molecule has 0 radical (unpaired) electrons. The second-order valence-corrected chi connectivity index (χ2v) is 5.24. The van der Waals surface area contributed by atoms with E-state index in [1.807, 2.05) is 20.0 Å². The molecule has 1 aromatic heterocycles. The maximum absolute atomic E-state index is 6.01. The summed E-state index contributed by atoms with van der Waals surface area (Å²) in [4.78, 5) is 4.54. The van der Waals surface area contributed by atoms with Crippen LogP contribution >= 0.6 is 0 Å². The third-order valence-electron chi connectivity index (χ3n) is 3.48. The van der Waals surface area contributed by atoms with E-state index in [4.69, 9.17) is 4.74 Å². The van der Waals surface area contributed by atoms with Gasteiger partial charge in [-0.3, -0.25) is 0 Å². The Kier molecular flexibility index (Phi) is 4.40. The van der Waals surface area contributed by atoms with Crippen molar-refractivity contribution >= 4 is 0 Å². The number of nitrogens with zero attached hydrogens (tertiary/aromatic N) is 1. The quantitative estimate of drug-likeness (QED) is 0.917. The van der Waals surface area contributed by atoms with E-state index in [0.29, 0.717) is 5.88 Å². The Bertz CT molecular complexity index is 621. The lowest BCUT2D eigenvalue weighted by Gasteiger charge is -2.14. The first kappa shape index (κ1) is 14.5. The minimum absolute atomic E-state index is 0.695. The fourth-order valence-electron chi connectivity index (χ4n) is 2.19. The second kappa shape index (κ2) is 6.06. The summed E-state index contributed by atoms with van der Waals surface area (Å²) < 4.78 is 6.01. The standard InChI is InChI=1S/C17H22N2O/c1-11-6-7-15(9-12(11)2)20-17-16(10-18-5)13(3)8-14(4)19-17/h6-9,18H,10H2,1-5H3. The van der Waals surface area contributed by atoms with Crippen molar-refractivity contribution in [2.45, 2.75) is 34.2 Å². The number of rotatable bonds is 4. The number of hydrogen-bond donors (Lipinski definition) is 1. The van der Waals surface area contributed by atoms with Gasteiger partial charge in [0.1, 0.15) is 5.75 Å². The van der Waals surface area contributed by atoms with Crippen LogP contribution in [0.4, 0.5) is 0 Å². The fraction of sp³-hybridized carbons (Fsp3) is 0.353. The van der Waals surface area contributed by atoms with Crippen LogP contribution in [-0.4, -0.2) is 12.0 Å². The van der Waals surface area contributed by atoms with Crippen molar-refractivity contribution in [1.29, 1.82) is 0 Å². The van der Waals surface area contributed by atoms with Gasteiger partial charge in [-0.1, -0.05) is 6.07 Å². The molecule has 2 rings (SSSR count). The van der Waals surface area contributed by atoms with Gasteiger partial charge in [-0.15, -0.1) is 0 Å². The lowest BCUT2D eigenvalue weighted by molar-refractivity contribution is 0.451. The van der Waals surface area contributed by atoms with Crippen LogP contribution < -0.4 is 10.1 Å². The van der Waals surface area contributed by atoms with Crippen LogP contribution in [0.25, 0.3) is 0 Å². The molecule has 0 amide bonds. The van der Waals surface area contributed by atoms with Crippen molar-refractivity contribution in [3.05, 3.63) is 52.2 Å². The zero-order chi connectivity index (χ0) is 14.7. The van der Waals surface area contributed by atoms with Gasteiger partial charge in [0.05, 0.1) is 0 Å². The highest BCUT2D eigenvalue weighted by Crippen LogP contribution is 2.27. The third-order valence-corrected chi connectivity index (χ3v) is 3.48. The van der Waals surface area contributed by atoms with Crippen molar-refractivity contribution < 1.29 is 4.74 Å². The first-order valence-electron chi connectivity index (χ1n) is 6.88. The summed E-state index contributed by atoms with van der Waals surface area (Å²) in [5.41, 5.74) is 5.77. The predicted molar refractivity (Wildman–Crippen MR) is 82.5 cm³/mol. The SMILES string of the molecule is CNCc1c(C)cc(C)nc1Oc1ccc(C)c(C)c1. The van der Waals surface area contributed by atoms with Crippen LogP contribution in [0.1, 0.15) is 27.9 Å². The van der Waals surface area contributed by atoms with Gasteiger partial charge in [0.2, 0.25) is 5.88 Å². The summed E-state index contributed by atoms with van der Waals surface area (Å²) in [5.74, 6) is 1.53. The van der Waals surface area contributed by atoms with Crippen LogP contribution in [0.5, 0.6) is 11.6 Å². The zero-order valence-electron chi connectivity index (χ0n) is 12.9. The molecule has 0 spiro atoms. The van der Waals surface area contributed by atoms with Crippen LogP contribution in [0.2, 0.25) is 0 Å².